The van der Waals surface area contributed by atoms with Crippen molar-refractivity contribution in [2.45, 2.75) is 40.0 Å². The van der Waals surface area contributed by atoms with Crippen molar-refractivity contribution in [3.05, 3.63) is 24.3 Å². The smallest absolute Gasteiger partial charge is 0.168 e. The van der Waals surface area contributed by atoms with Crippen molar-refractivity contribution >= 4 is 18.4 Å². The summed E-state index contributed by atoms with van der Waals surface area (Å²) < 4.78 is 0. The zero-order valence-corrected chi connectivity index (χ0v) is 10.9. The first-order valence-corrected chi connectivity index (χ1v) is 6.12. The van der Waals surface area contributed by atoms with E-state index in [0.29, 0.717) is 11.3 Å². The normalized spacial score (nSPS) is 15.2. The van der Waals surface area contributed by atoms with Crippen molar-refractivity contribution in [1.29, 1.82) is 0 Å². The highest BCUT2D eigenvalue weighted by Crippen LogP contribution is 2.29. The number of hydrogen-bond acceptors (Lipinski definition) is 2. The molecule has 2 heteroatoms. The minimum absolute atomic E-state index is 0.129. The summed E-state index contributed by atoms with van der Waals surface area (Å²) in [6, 6.07) is 0. The van der Waals surface area contributed by atoms with Crippen LogP contribution in [0.25, 0.3) is 0 Å². The van der Waals surface area contributed by atoms with Crippen molar-refractivity contribution in [3.8, 4) is 0 Å². The molecule has 0 heterocycles. The summed E-state index contributed by atoms with van der Waals surface area (Å²) in [4.78, 5) is 12.1. The molecule has 86 valence electrons. The number of ketones is 1. The fourth-order valence-corrected chi connectivity index (χ4v) is 1.80. The average Bonchev–Trinajstić information content (AvgIpc) is 2.25. The average molecular weight is 226 g/mol. The first-order chi connectivity index (χ1) is 7.01. The number of carbonyl (C=O) groups excluding carboxylic acids is 1. The lowest BCUT2D eigenvalue weighted by Gasteiger charge is -2.26. The second kappa shape index (κ2) is 6.89. The lowest BCUT2D eigenvalue weighted by Crippen LogP contribution is -2.30. The monoisotopic (exact) mass is 226 g/mol. The Bertz CT molecular complexity index is 255. The highest BCUT2D eigenvalue weighted by molar-refractivity contribution is 7.80. The van der Waals surface area contributed by atoms with Gasteiger partial charge in [0.25, 0.3) is 0 Å². The minimum Gasteiger partial charge on any atom is -0.294 e. The van der Waals surface area contributed by atoms with E-state index in [-0.39, 0.29) is 11.2 Å². The van der Waals surface area contributed by atoms with Gasteiger partial charge in [0.15, 0.2) is 5.78 Å². The van der Waals surface area contributed by atoms with Crippen molar-refractivity contribution < 1.29 is 4.79 Å². The zero-order valence-electron chi connectivity index (χ0n) is 10.0. The number of unbranched alkanes of at least 4 members (excludes halogenated alkanes) is 1. The van der Waals surface area contributed by atoms with Gasteiger partial charge in [-0.15, -0.1) is 0 Å². The highest BCUT2D eigenvalue weighted by atomic mass is 32.1. The van der Waals surface area contributed by atoms with Crippen LogP contribution in [0.4, 0.5) is 0 Å². The molecule has 0 saturated heterocycles. The quantitative estimate of drug-likeness (QED) is 0.397. The molecule has 1 unspecified atom stereocenters. The van der Waals surface area contributed by atoms with Gasteiger partial charge in [-0.3, -0.25) is 4.79 Å². The Morgan fingerprint density at radius 1 is 1.53 bits per heavy atom. The molecule has 0 aliphatic carbocycles. The van der Waals surface area contributed by atoms with Gasteiger partial charge in [0.1, 0.15) is 0 Å². The van der Waals surface area contributed by atoms with E-state index in [1.54, 1.807) is 6.08 Å². The fraction of sp³-hybridized carbons (Fsp3) is 0.615. The van der Waals surface area contributed by atoms with Crippen LogP contribution in [-0.2, 0) is 4.79 Å². The predicted octanol–water partition coefficient (Wildman–Crippen LogP) is 3.81. The summed E-state index contributed by atoms with van der Waals surface area (Å²) in [6.45, 7) is 9.80. The maximum Gasteiger partial charge on any atom is 0.168 e. The molecular weight excluding hydrogens is 204 g/mol. The van der Waals surface area contributed by atoms with Crippen LogP contribution in [-0.4, -0.2) is 11.5 Å². The van der Waals surface area contributed by atoms with E-state index in [4.69, 9.17) is 0 Å². The molecule has 0 rings (SSSR count). The van der Waals surface area contributed by atoms with E-state index in [1.807, 2.05) is 19.9 Å². The fourth-order valence-electron chi connectivity index (χ4n) is 1.50. The summed E-state index contributed by atoms with van der Waals surface area (Å²) in [5.41, 5.74) is 0.237. The number of allylic oxidation sites excluding steroid dienone is 3. The van der Waals surface area contributed by atoms with Gasteiger partial charge in [0, 0.05) is 16.7 Å². The second-order valence-electron chi connectivity index (χ2n) is 4.18. The SMILES string of the molecule is C=C(C=CC)C(=O)C(C)(CS)CCCC. The molecule has 0 aromatic rings. The number of hydrogen-bond donors (Lipinski definition) is 1. The second-order valence-corrected chi connectivity index (χ2v) is 4.49. The largest absolute Gasteiger partial charge is 0.294 e. The Morgan fingerprint density at radius 3 is 2.53 bits per heavy atom. The predicted molar refractivity (Wildman–Crippen MR) is 70.4 cm³/mol. The van der Waals surface area contributed by atoms with E-state index < -0.39 is 0 Å². The van der Waals surface area contributed by atoms with E-state index in [9.17, 15) is 4.79 Å². The summed E-state index contributed by atoms with van der Waals surface area (Å²) in [7, 11) is 0. The van der Waals surface area contributed by atoms with Crippen LogP contribution < -0.4 is 0 Å². The molecule has 0 bridgehead atoms. The standard InChI is InChI=1S/C13H22OS/c1-5-7-9-13(4,10-15)12(14)11(3)8-6-2/h6,8,15H,3,5,7,9-10H2,1-2,4H3. The molecule has 15 heavy (non-hydrogen) atoms. The minimum atomic E-state index is -0.351. The lowest BCUT2D eigenvalue weighted by molar-refractivity contribution is -0.123. The molecule has 0 N–H and O–H groups in total. The van der Waals surface area contributed by atoms with Crippen LogP contribution in [0.15, 0.2) is 24.3 Å². The highest BCUT2D eigenvalue weighted by Gasteiger charge is 2.31. The third-order valence-electron chi connectivity index (χ3n) is 2.64. The number of Topliss-reactive ketones (excluding diaryl/α,β-unsaturated/α-hetero) is 1. The molecule has 0 aromatic heterocycles. The van der Waals surface area contributed by atoms with E-state index in [2.05, 4.69) is 26.1 Å². The number of thiol groups is 1. The van der Waals surface area contributed by atoms with E-state index >= 15 is 0 Å². The van der Waals surface area contributed by atoms with Gasteiger partial charge < -0.3 is 0 Å². The van der Waals surface area contributed by atoms with Gasteiger partial charge in [-0.25, -0.2) is 0 Å². The van der Waals surface area contributed by atoms with Gasteiger partial charge in [0.2, 0.25) is 0 Å². The lowest BCUT2D eigenvalue weighted by atomic mass is 9.80. The molecule has 0 aliphatic heterocycles. The molecule has 0 radical (unpaired) electrons. The Morgan fingerprint density at radius 2 is 2.13 bits per heavy atom. The van der Waals surface area contributed by atoms with E-state index in [0.717, 1.165) is 19.3 Å². The molecule has 1 atom stereocenters. The summed E-state index contributed by atoms with van der Waals surface area (Å²) >= 11 is 4.29. The van der Waals surface area contributed by atoms with Crippen molar-refractivity contribution in [3.63, 3.8) is 0 Å². The van der Waals surface area contributed by atoms with E-state index in [1.165, 1.54) is 0 Å². The molecular formula is C13H22OS. The van der Waals surface area contributed by atoms with Crippen LogP contribution in [0.3, 0.4) is 0 Å². The van der Waals surface area contributed by atoms with Crippen molar-refractivity contribution in [1.82, 2.24) is 0 Å². The first-order valence-electron chi connectivity index (χ1n) is 5.49. The van der Waals surface area contributed by atoms with Crippen LogP contribution in [0.2, 0.25) is 0 Å². The topological polar surface area (TPSA) is 17.1 Å². The maximum absolute atomic E-state index is 12.1. The van der Waals surface area contributed by atoms with Crippen LogP contribution in [0.5, 0.6) is 0 Å². The van der Waals surface area contributed by atoms with Gasteiger partial charge in [-0.05, 0) is 13.3 Å². The third-order valence-corrected chi connectivity index (χ3v) is 3.34. The third kappa shape index (κ3) is 4.25. The van der Waals surface area contributed by atoms with Crippen molar-refractivity contribution in [2.75, 3.05) is 5.75 Å². The van der Waals surface area contributed by atoms with Crippen molar-refractivity contribution in [2.24, 2.45) is 5.41 Å². The Hall–Kier alpha value is -0.500. The van der Waals surface area contributed by atoms with Gasteiger partial charge in [0.05, 0.1) is 0 Å². The summed E-state index contributed by atoms with van der Waals surface area (Å²) in [5.74, 6) is 0.714. The van der Waals surface area contributed by atoms with Gasteiger partial charge >= 0.3 is 0 Å². The molecule has 0 spiro atoms. The first kappa shape index (κ1) is 14.5. The van der Waals surface area contributed by atoms with Crippen LogP contribution in [0.1, 0.15) is 40.0 Å². The molecule has 0 aromatic carbocycles. The van der Waals surface area contributed by atoms with Gasteiger partial charge in [-0.1, -0.05) is 45.4 Å². The van der Waals surface area contributed by atoms with Gasteiger partial charge in [-0.2, -0.15) is 12.6 Å². The maximum atomic E-state index is 12.1. The zero-order chi connectivity index (χ0) is 11.9. The summed E-state index contributed by atoms with van der Waals surface area (Å²) in [6.07, 6.45) is 6.68. The molecule has 0 aliphatic rings. The Kier molecular flexibility index (Phi) is 6.66. The van der Waals surface area contributed by atoms with Crippen LogP contribution >= 0.6 is 12.6 Å². The Balaban J connectivity index is 4.64. The number of rotatable bonds is 7. The molecule has 0 amide bonds. The number of carbonyl (C=O) groups is 1. The molecule has 0 fully saturated rings. The summed E-state index contributed by atoms with van der Waals surface area (Å²) in [5, 5.41) is 0. The molecule has 1 nitrogen and oxygen atoms in total. The Labute approximate surface area is 99.1 Å². The molecule has 0 saturated carbocycles. The van der Waals surface area contributed by atoms with Crippen LogP contribution in [0, 0.1) is 5.41 Å².